The lowest BCUT2D eigenvalue weighted by molar-refractivity contribution is -0.117. The van der Waals surface area contributed by atoms with Gasteiger partial charge in [-0.1, -0.05) is 18.3 Å². The molecule has 0 bridgehead atoms. The number of carbonyl (C=O) groups is 1. The van der Waals surface area contributed by atoms with E-state index in [9.17, 15) is 4.79 Å². The van der Waals surface area contributed by atoms with Gasteiger partial charge in [0.2, 0.25) is 5.91 Å². The van der Waals surface area contributed by atoms with Crippen LogP contribution in [0.15, 0.2) is 18.2 Å². The summed E-state index contributed by atoms with van der Waals surface area (Å²) in [5, 5.41) is 2.94. The molecule has 1 amide bonds. The van der Waals surface area contributed by atoms with Gasteiger partial charge in [0.15, 0.2) is 0 Å². The van der Waals surface area contributed by atoms with Crippen molar-refractivity contribution in [3.63, 3.8) is 0 Å². The Hall–Kier alpha value is -1.69. The summed E-state index contributed by atoms with van der Waals surface area (Å²) < 4.78 is 0. The van der Waals surface area contributed by atoms with E-state index < -0.39 is 0 Å². The zero-order valence-corrected chi connectivity index (χ0v) is 8.88. The minimum atomic E-state index is -0.354. The first kappa shape index (κ1) is 11.4. The summed E-state index contributed by atoms with van der Waals surface area (Å²) in [6, 6.07) is 5.28. The molecule has 0 atom stereocenters. The Morgan fingerprint density at radius 1 is 1.47 bits per heavy atom. The van der Waals surface area contributed by atoms with Gasteiger partial charge in [-0.15, -0.1) is 0 Å². The molecule has 0 aliphatic rings. The van der Waals surface area contributed by atoms with Crippen LogP contribution in [0.4, 0.5) is 5.82 Å². The van der Waals surface area contributed by atoms with Gasteiger partial charge in [-0.2, -0.15) is 0 Å². The number of anilines is 1. The van der Waals surface area contributed by atoms with Gasteiger partial charge in [0.25, 0.3) is 0 Å². The number of amides is 1. The zero-order chi connectivity index (χ0) is 11.3. The van der Waals surface area contributed by atoms with Gasteiger partial charge in [-0.3, -0.25) is 4.79 Å². The number of nitrogens with one attached hydrogen (secondary N) is 1. The predicted octanol–water partition coefficient (Wildman–Crippen LogP) is 0.00310. The highest BCUT2D eigenvalue weighted by Gasteiger charge is 2.00. The van der Waals surface area contributed by atoms with E-state index in [1.165, 1.54) is 0 Å². The van der Waals surface area contributed by atoms with Gasteiger partial charge in [0.05, 0.1) is 5.69 Å². The maximum atomic E-state index is 10.5. The average Bonchev–Trinajstić information content (AvgIpc) is 2.17. The van der Waals surface area contributed by atoms with Crippen molar-refractivity contribution < 1.29 is 4.79 Å². The molecule has 0 spiro atoms. The summed E-state index contributed by atoms with van der Waals surface area (Å²) in [7, 11) is 0. The van der Waals surface area contributed by atoms with Crippen LogP contribution in [0.5, 0.6) is 0 Å². The first-order chi connectivity index (χ1) is 7.09. The Bertz CT molecular complexity index is 380. The molecule has 0 aliphatic carbocycles. The van der Waals surface area contributed by atoms with Crippen LogP contribution < -0.4 is 16.8 Å². The largest absolute Gasteiger partial charge is 0.388 e. The fourth-order valence-corrected chi connectivity index (χ4v) is 1.10. The summed E-state index contributed by atoms with van der Waals surface area (Å²) in [6.07, 6.45) is 0.263. The predicted molar refractivity (Wildman–Crippen MR) is 62.4 cm³/mol. The first-order valence-electron chi connectivity index (χ1n) is 4.38. The Balaban J connectivity index is 2.58. The van der Waals surface area contributed by atoms with Crippen LogP contribution in [-0.2, 0) is 4.79 Å². The second kappa shape index (κ2) is 5.26. The lowest BCUT2D eigenvalue weighted by Crippen LogP contribution is -2.17. The fraction of sp³-hybridized carbons (Fsp3) is 0.222. The molecule has 0 unspecified atom stereocenters. The molecular weight excluding hydrogens is 212 g/mol. The van der Waals surface area contributed by atoms with Gasteiger partial charge in [0, 0.05) is 13.0 Å². The van der Waals surface area contributed by atoms with Crippen molar-refractivity contribution in [2.24, 2.45) is 11.5 Å². The monoisotopic (exact) mass is 224 g/mol. The van der Waals surface area contributed by atoms with Gasteiger partial charge >= 0.3 is 0 Å². The Labute approximate surface area is 92.9 Å². The van der Waals surface area contributed by atoms with Crippen molar-refractivity contribution >= 4 is 28.9 Å². The third kappa shape index (κ3) is 3.90. The molecule has 1 heterocycles. The van der Waals surface area contributed by atoms with Gasteiger partial charge in [-0.05, 0) is 12.1 Å². The molecule has 80 valence electrons. The molecule has 15 heavy (non-hydrogen) atoms. The highest BCUT2D eigenvalue weighted by atomic mass is 32.1. The van der Waals surface area contributed by atoms with Crippen molar-refractivity contribution in [1.82, 2.24) is 4.98 Å². The van der Waals surface area contributed by atoms with E-state index in [0.717, 1.165) is 0 Å². The van der Waals surface area contributed by atoms with E-state index in [1.807, 2.05) is 0 Å². The molecular formula is C9H12N4OS. The van der Waals surface area contributed by atoms with Crippen molar-refractivity contribution in [2.45, 2.75) is 6.42 Å². The van der Waals surface area contributed by atoms with E-state index >= 15 is 0 Å². The van der Waals surface area contributed by atoms with Crippen molar-refractivity contribution in [2.75, 3.05) is 11.9 Å². The maximum Gasteiger partial charge on any atom is 0.219 e. The molecule has 0 fully saturated rings. The minimum absolute atomic E-state index is 0.244. The van der Waals surface area contributed by atoms with Crippen molar-refractivity contribution in [3.05, 3.63) is 23.9 Å². The molecule has 0 radical (unpaired) electrons. The molecule has 5 N–H and O–H groups in total. The lowest BCUT2D eigenvalue weighted by Gasteiger charge is -2.05. The first-order valence-corrected chi connectivity index (χ1v) is 4.79. The number of nitrogens with zero attached hydrogens (tertiary/aromatic N) is 1. The molecule has 1 aromatic heterocycles. The SMILES string of the molecule is NC(=O)CCNc1cccc(C(N)=S)n1. The Morgan fingerprint density at radius 2 is 2.20 bits per heavy atom. The average molecular weight is 224 g/mol. The van der Waals surface area contributed by atoms with Crippen LogP contribution in [0.1, 0.15) is 12.1 Å². The van der Waals surface area contributed by atoms with Gasteiger partial charge in [-0.25, -0.2) is 4.98 Å². The summed E-state index contributed by atoms with van der Waals surface area (Å²) in [5.41, 5.74) is 11.0. The molecule has 0 aromatic carbocycles. The van der Waals surface area contributed by atoms with Crippen molar-refractivity contribution in [3.8, 4) is 0 Å². The van der Waals surface area contributed by atoms with E-state index in [-0.39, 0.29) is 17.3 Å². The van der Waals surface area contributed by atoms with E-state index in [1.54, 1.807) is 18.2 Å². The quantitative estimate of drug-likeness (QED) is 0.612. The minimum Gasteiger partial charge on any atom is -0.388 e. The van der Waals surface area contributed by atoms with Gasteiger partial charge < -0.3 is 16.8 Å². The Kier molecular flexibility index (Phi) is 3.99. The maximum absolute atomic E-state index is 10.5. The third-order valence-electron chi connectivity index (χ3n) is 1.68. The number of carbonyl (C=O) groups excluding carboxylic acids is 1. The molecule has 0 saturated heterocycles. The third-order valence-corrected chi connectivity index (χ3v) is 1.89. The molecule has 5 nitrogen and oxygen atoms in total. The number of rotatable bonds is 5. The summed E-state index contributed by atoms with van der Waals surface area (Å²) in [6.45, 7) is 0.448. The second-order valence-electron chi connectivity index (χ2n) is 2.92. The lowest BCUT2D eigenvalue weighted by atomic mass is 10.3. The second-order valence-corrected chi connectivity index (χ2v) is 3.36. The highest BCUT2D eigenvalue weighted by Crippen LogP contribution is 2.04. The van der Waals surface area contributed by atoms with Crippen molar-refractivity contribution in [1.29, 1.82) is 0 Å². The number of pyridine rings is 1. The molecule has 0 saturated carbocycles. The molecule has 6 heteroatoms. The van der Waals surface area contributed by atoms with E-state index in [2.05, 4.69) is 10.3 Å². The van der Waals surface area contributed by atoms with E-state index in [0.29, 0.717) is 18.1 Å². The number of hydrogen-bond donors (Lipinski definition) is 3. The van der Waals surface area contributed by atoms with Gasteiger partial charge in [0.1, 0.15) is 10.8 Å². The molecule has 1 rings (SSSR count). The number of nitrogens with two attached hydrogens (primary N) is 2. The number of thiocarbonyl (C=S) groups is 1. The highest BCUT2D eigenvalue weighted by molar-refractivity contribution is 7.80. The number of aromatic nitrogens is 1. The smallest absolute Gasteiger partial charge is 0.219 e. The summed E-state index contributed by atoms with van der Waals surface area (Å²) in [5.74, 6) is 0.273. The zero-order valence-electron chi connectivity index (χ0n) is 8.06. The van der Waals surface area contributed by atoms with Crippen LogP contribution in [-0.4, -0.2) is 22.4 Å². The van der Waals surface area contributed by atoms with Crippen LogP contribution in [0.3, 0.4) is 0 Å². The number of primary amides is 1. The van der Waals surface area contributed by atoms with Crippen LogP contribution >= 0.6 is 12.2 Å². The standard InChI is InChI=1S/C9H12N4OS/c10-7(14)4-5-12-8-3-1-2-6(13-8)9(11)15/h1-3H,4-5H2,(H2,10,14)(H2,11,15)(H,12,13). The normalized spacial score (nSPS) is 9.60. The fourth-order valence-electron chi connectivity index (χ4n) is 0.984. The molecule has 0 aliphatic heterocycles. The van der Waals surface area contributed by atoms with Crippen LogP contribution in [0.2, 0.25) is 0 Å². The number of hydrogen-bond acceptors (Lipinski definition) is 4. The van der Waals surface area contributed by atoms with Crippen LogP contribution in [0.25, 0.3) is 0 Å². The summed E-state index contributed by atoms with van der Waals surface area (Å²) in [4.78, 5) is 14.9. The van der Waals surface area contributed by atoms with Crippen LogP contribution in [0, 0.1) is 0 Å². The van der Waals surface area contributed by atoms with E-state index in [4.69, 9.17) is 23.7 Å². The Morgan fingerprint density at radius 3 is 2.80 bits per heavy atom. The topological polar surface area (TPSA) is 94.0 Å². The molecule has 1 aromatic rings. The summed E-state index contributed by atoms with van der Waals surface area (Å²) >= 11 is 4.79.